The van der Waals surface area contributed by atoms with Gasteiger partial charge >= 0.3 is 6.18 Å². The molecular weight excluding hydrogens is 513 g/mol. The normalized spacial score (nSPS) is 25.6. The molecule has 0 saturated carbocycles. The monoisotopic (exact) mass is 537 g/mol. The van der Waals surface area contributed by atoms with E-state index in [0.29, 0.717) is 19.2 Å². The summed E-state index contributed by atoms with van der Waals surface area (Å²) >= 11 is 0. The van der Waals surface area contributed by atoms with E-state index in [4.69, 9.17) is 10.5 Å². The molecule has 1 saturated heterocycles. The summed E-state index contributed by atoms with van der Waals surface area (Å²) in [5.41, 5.74) is 2.12. The molecule has 14 heteroatoms. The van der Waals surface area contributed by atoms with Crippen molar-refractivity contribution >= 4 is 21.4 Å². The highest BCUT2D eigenvalue weighted by atomic mass is 32.2. The molecule has 1 amide bonds. The number of sulfone groups is 1. The van der Waals surface area contributed by atoms with E-state index >= 15 is 0 Å². The third-order valence-corrected chi connectivity index (χ3v) is 7.51. The van der Waals surface area contributed by atoms with Gasteiger partial charge in [-0.3, -0.25) is 9.78 Å². The smallest absolute Gasteiger partial charge is 0.385 e. The van der Waals surface area contributed by atoms with Crippen molar-refractivity contribution in [2.45, 2.75) is 48.6 Å². The Morgan fingerprint density at radius 2 is 1.92 bits per heavy atom. The highest BCUT2D eigenvalue weighted by Crippen LogP contribution is 2.54. The van der Waals surface area contributed by atoms with E-state index in [1.165, 1.54) is 12.1 Å². The van der Waals surface area contributed by atoms with Gasteiger partial charge in [-0.2, -0.15) is 13.2 Å². The highest BCUT2D eigenvalue weighted by Gasteiger charge is 2.66. The third-order valence-electron chi connectivity index (χ3n) is 6.36. The number of aliphatic hydroxyl groups excluding tert-OH is 1. The summed E-state index contributed by atoms with van der Waals surface area (Å²) in [6.07, 6.45) is -6.30. The molecule has 1 aromatic carbocycles. The molecule has 8 nitrogen and oxygen atoms in total. The molecule has 198 valence electrons. The number of alkyl halides is 3. The molecule has 5 atom stereocenters. The van der Waals surface area contributed by atoms with Gasteiger partial charge in [-0.1, -0.05) is 13.0 Å². The van der Waals surface area contributed by atoms with E-state index in [-0.39, 0.29) is 17.9 Å². The first-order valence-corrected chi connectivity index (χ1v) is 12.5. The summed E-state index contributed by atoms with van der Waals surface area (Å²) in [6.45, 7) is 1.66. The van der Waals surface area contributed by atoms with E-state index in [0.717, 1.165) is 19.2 Å². The van der Waals surface area contributed by atoms with Crippen LogP contribution in [0.1, 0.15) is 37.1 Å². The van der Waals surface area contributed by atoms with Crippen LogP contribution < -0.4 is 11.1 Å². The lowest BCUT2D eigenvalue weighted by Crippen LogP contribution is -2.47. The van der Waals surface area contributed by atoms with Crippen molar-refractivity contribution in [3.63, 3.8) is 0 Å². The van der Waals surface area contributed by atoms with Gasteiger partial charge < -0.3 is 20.9 Å². The molecule has 36 heavy (non-hydrogen) atoms. The average Bonchev–Trinajstić information content (AvgIpc) is 3.06. The van der Waals surface area contributed by atoms with Crippen LogP contribution in [0.25, 0.3) is 0 Å². The number of hydrogen-bond acceptors (Lipinski definition) is 7. The first-order chi connectivity index (χ1) is 16.5. The summed E-state index contributed by atoms with van der Waals surface area (Å²) in [6, 6.07) is 4.07. The van der Waals surface area contributed by atoms with Crippen LogP contribution in [0.2, 0.25) is 0 Å². The van der Waals surface area contributed by atoms with Gasteiger partial charge in [0.1, 0.15) is 17.1 Å². The maximum Gasteiger partial charge on any atom is 0.417 e. The van der Waals surface area contributed by atoms with Crippen LogP contribution in [0.4, 0.5) is 27.6 Å². The van der Waals surface area contributed by atoms with Crippen LogP contribution in [0.5, 0.6) is 0 Å². The Hall–Kier alpha value is -2.68. The molecule has 0 unspecified atom stereocenters. The molecule has 4 N–H and O–H groups in total. The van der Waals surface area contributed by atoms with Crippen LogP contribution in [-0.2, 0) is 19.4 Å². The Labute approximate surface area is 203 Å². The maximum absolute atomic E-state index is 14.6. The van der Waals surface area contributed by atoms with Gasteiger partial charge in [-0.05, 0) is 30.7 Å². The Kier molecular flexibility index (Phi) is 7.48. The number of anilines is 1. The van der Waals surface area contributed by atoms with E-state index in [2.05, 4.69) is 10.3 Å². The van der Waals surface area contributed by atoms with Crippen molar-refractivity contribution < 1.29 is 45.0 Å². The van der Waals surface area contributed by atoms with Crippen molar-refractivity contribution in [1.82, 2.24) is 4.98 Å². The van der Waals surface area contributed by atoms with Crippen molar-refractivity contribution in [2.75, 3.05) is 18.1 Å². The fraction of sp³-hybridized carbons (Fsp3) is 0.455. The van der Waals surface area contributed by atoms with Gasteiger partial charge in [0, 0.05) is 24.6 Å². The quantitative estimate of drug-likeness (QED) is 0.483. The number of aliphatic hydroxyl groups is 1. The molecule has 0 spiro atoms. The fourth-order valence-corrected chi connectivity index (χ4v) is 5.28. The first kappa shape index (κ1) is 27.9. The minimum atomic E-state index is -4.99. The molecular formula is C22H24F5N3O5S. The Morgan fingerprint density at radius 1 is 1.28 bits per heavy atom. The number of rotatable bonds is 6. The molecule has 0 bridgehead atoms. The van der Waals surface area contributed by atoms with E-state index in [1.54, 1.807) is 0 Å². The predicted molar refractivity (Wildman–Crippen MR) is 118 cm³/mol. The number of hydrogen-bond donors (Lipinski definition) is 3. The first-order valence-electron chi connectivity index (χ1n) is 10.6. The van der Waals surface area contributed by atoms with Crippen LogP contribution in [0, 0.1) is 17.6 Å². The number of pyridine rings is 1. The minimum Gasteiger partial charge on any atom is -0.385 e. The van der Waals surface area contributed by atoms with Crippen molar-refractivity contribution in [3.05, 3.63) is 53.4 Å². The molecule has 0 aliphatic carbocycles. The molecule has 1 fully saturated rings. The molecule has 0 radical (unpaired) electrons. The van der Waals surface area contributed by atoms with Gasteiger partial charge in [0.05, 0.1) is 17.6 Å². The second-order valence-corrected chi connectivity index (χ2v) is 10.7. The Balaban J connectivity index is 2.10. The van der Waals surface area contributed by atoms with E-state index < -0.39 is 73.7 Å². The van der Waals surface area contributed by atoms with E-state index in [9.17, 15) is 40.3 Å². The van der Waals surface area contributed by atoms with Crippen LogP contribution in [0.3, 0.4) is 0 Å². The fourth-order valence-electron chi connectivity index (χ4n) is 4.22. The number of benzene rings is 1. The highest BCUT2D eigenvalue weighted by molar-refractivity contribution is 7.90. The zero-order valence-electron chi connectivity index (χ0n) is 19.3. The SMILES string of the molecule is C[C@H]1[C@@H](c2ccc(F)c(F)c2S(C)(=O)=O)[C@H](C(=O)Nc2ccc([C@@H](O)CN)nc2)O[C@@]1(C)C(F)(F)F. The van der Waals surface area contributed by atoms with Gasteiger partial charge in [-0.15, -0.1) is 0 Å². The third kappa shape index (κ3) is 4.94. The largest absolute Gasteiger partial charge is 0.417 e. The Bertz CT molecular complexity index is 1260. The number of ether oxygens (including phenoxy) is 1. The van der Waals surface area contributed by atoms with Crippen LogP contribution >= 0.6 is 0 Å². The number of carbonyl (C=O) groups excluding carboxylic acids is 1. The van der Waals surface area contributed by atoms with Crippen molar-refractivity contribution in [3.8, 4) is 0 Å². The maximum atomic E-state index is 14.6. The number of carbonyl (C=O) groups is 1. The van der Waals surface area contributed by atoms with Crippen LogP contribution in [-0.4, -0.2) is 55.1 Å². The molecule has 3 rings (SSSR count). The molecule has 2 heterocycles. The zero-order chi connectivity index (χ0) is 27.2. The topological polar surface area (TPSA) is 132 Å². The summed E-state index contributed by atoms with van der Waals surface area (Å²) in [5, 5.41) is 12.1. The number of halogens is 5. The van der Waals surface area contributed by atoms with Gasteiger partial charge in [-0.25, -0.2) is 17.2 Å². The number of nitrogens with zero attached hydrogens (tertiary/aromatic N) is 1. The standard InChI is InChI=1S/C22H24F5N3O5S/c1-10-16(12-5-6-13(23)17(24)19(12)36(3,33)34)18(35-21(10,2)22(25,26)27)20(32)30-11-4-7-14(29-9-11)15(31)8-28/h4-7,9-10,15-16,18,31H,8,28H2,1-3H3,(H,30,32)/t10-,15-,16-,18+,21+/m0/s1. The predicted octanol–water partition coefficient (Wildman–Crippen LogP) is 2.83. The second-order valence-electron chi connectivity index (χ2n) is 8.72. The van der Waals surface area contributed by atoms with Gasteiger partial charge in [0.25, 0.3) is 5.91 Å². The van der Waals surface area contributed by atoms with Crippen LogP contribution in [0.15, 0.2) is 35.4 Å². The molecule has 1 aliphatic heterocycles. The molecule has 1 aliphatic rings. The summed E-state index contributed by atoms with van der Waals surface area (Å²) < 4.78 is 100. The molecule has 2 aromatic rings. The van der Waals surface area contributed by atoms with Gasteiger partial charge in [0.15, 0.2) is 27.1 Å². The minimum absolute atomic E-state index is 0.0252. The number of aromatic nitrogens is 1. The van der Waals surface area contributed by atoms with Gasteiger partial charge in [0.2, 0.25) is 0 Å². The van der Waals surface area contributed by atoms with Crippen molar-refractivity contribution in [1.29, 1.82) is 0 Å². The van der Waals surface area contributed by atoms with Crippen molar-refractivity contribution in [2.24, 2.45) is 11.7 Å². The number of amides is 1. The summed E-state index contributed by atoms with van der Waals surface area (Å²) in [5.74, 6) is -7.59. The second kappa shape index (κ2) is 9.65. The molecule has 1 aromatic heterocycles. The lowest BCUT2D eigenvalue weighted by Gasteiger charge is -2.32. The number of nitrogens with two attached hydrogens (primary N) is 1. The zero-order valence-corrected chi connectivity index (χ0v) is 20.1. The number of nitrogens with one attached hydrogen (secondary N) is 1. The Morgan fingerprint density at radius 3 is 2.42 bits per heavy atom. The lowest BCUT2D eigenvalue weighted by atomic mass is 9.77. The lowest BCUT2D eigenvalue weighted by molar-refractivity contribution is -0.272. The average molecular weight is 538 g/mol. The van der Waals surface area contributed by atoms with E-state index in [1.807, 2.05) is 0 Å². The summed E-state index contributed by atoms with van der Waals surface area (Å²) in [7, 11) is -4.47. The summed E-state index contributed by atoms with van der Waals surface area (Å²) in [4.78, 5) is 15.9.